The van der Waals surface area contributed by atoms with Gasteiger partial charge in [-0.2, -0.15) is 0 Å². The number of hydrogen-bond acceptors (Lipinski definition) is 3. The first kappa shape index (κ1) is 13.5. The number of benzene rings is 1. The van der Waals surface area contributed by atoms with Crippen LogP contribution in [0, 0.1) is 5.92 Å². The van der Waals surface area contributed by atoms with Crippen molar-refractivity contribution < 1.29 is 15.0 Å². The molecule has 0 radical (unpaired) electrons. The van der Waals surface area contributed by atoms with Crippen molar-refractivity contribution in [1.29, 1.82) is 0 Å². The standard InChI is InChI=1S/C15H19NO3/c1-16(10-11-6-3-2-4-7-11)15(19)12-8-5-9-13(17)14(12)18/h2-3,5,8-9,11,17-18H,4,6-7,10H2,1H3/t11-/m1/s1. The molecule has 0 unspecified atom stereocenters. The summed E-state index contributed by atoms with van der Waals surface area (Å²) in [5, 5.41) is 19.1. The lowest BCUT2D eigenvalue weighted by Crippen LogP contribution is -2.32. The van der Waals surface area contributed by atoms with E-state index in [-0.39, 0.29) is 23.0 Å². The second kappa shape index (κ2) is 5.78. The van der Waals surface area contributed by atoms with Crippen LogP contribution in [0.2, 0.25) is 0 Å². The van der Waals surface area contributed by atoms with E-state index in [4.69, 9.17) is 0 Å². The van der Waals surface area contributed by atoms with E-state index < -0.39 is 0 Å². The Morgan fingerprint density at radius 2 is 2.16 bits per heavy atom. The topological polar surface area (TPSA) is 60.8 Å². The van der Waals surface area contributed by atoms with Gasteiger partial charge in [0.2, 0.25) is 0 Å². The van der Waals surface area contributed by atoms with Crippen LogP contribution in [0.1, 0.15) is 29.6 Å². The molecule has 0 saturated carbocycles. The number of allylic oxidation sites excluding steroid dienone is 2. The maximum absolute atomic E-state index is 12.2. The van der Waals surface area contributed by atoms with Gasteiger partial charge in [-0.05, 0) is 37.3 Å². The number of rotatable bonds is 3. The number of carbonyl (C=O) groups is 1. The van der Waals surface area contributed by atoms with Crippen molar-refractivity contribution >= 4 is 5.91 Å². The van der Waals surface area contributed by atoms with Crippen molar-refractivity contribution in [2.24, 2.45) is 5.92 Å². The number of aromatic hydroxyl groups is 2. The Kier molecular flexibility index (Phi) is 4.10. The number of phenols is 2. The minimum Gasteiger partial charge on any atom is -0.504 e. The van der Waals surface area contributed by atoms with E-state index in [9.17, 15) is 15.0 Å². The van der Waals surface area contributed by atoms with Crippen LogP contribution in [0.25, 0.3) is 0 Å². The number of phenolic OH excluding ortho intramolecular Hbond substituents is 2. The zero-order chi connectivity index (χ0) is 13.8. The Morgan fingerprint density at radius 1 is 1.37 bits per heavy atom. The molecular formula is C15H19NO3. The fourth-order valence-electron chi connectivity index (χ4n) is 2.40. The normalized spacial score (nSPS) is 18.3. The van der Waals surface area contributed by atoms with Gasteiger partial charge in [-0.3, -0.25) is 4.79 Å². The molecule has 0 aromatic heterocycles. The van der Waals surface area contributed by atoms with E-state index in [1.807, 2.05) is 0 Å². The molecule has 0 saturated heterocycles. The van der Waals surface area contributed by atoms with Crippen LogP contribution in [-0.2, 0) is 0 Å². The third-order valence-corrected chi connectivity index (χ3v) is 3.50. The summed E-state index contributed by atoms with van der Waals surface area (Å²) in [5.74, 6) is -0.399. The Hall–Kier alpha value is -1.97. The number of hydrogen-bond donors (Lipinski definition) is 2. The highest BCUT2D eigenvalue weighted by atomic mass is 16.3. The lowest BCUT2D eigenvalue weighted by Gasteiger charge is -2.25. The van der Waals surface area contributed by atoms with Crippen LogP contribution in [-0.4, -0.2) is 34.6 Å². The van der Waals surface area contributed by atoms with E-state index in [1.165, 1.54) is 12.1 Å². The molecule has 0 spiro atoms. The molecule has 1 aromatic carbocycles. The maximum atomic E-state index is 12.2. The second-order valence-electron chi connectivity index (χ2n) is 5.01. The number of carbonyl (C=O) groups excluding carboxylic acids is 1. The van der Waals surface area contributed by atoms with Crippen molar-refractivity contribution in [2.75, 3.05) is 13.6 Å². The summed E-state index contributed by atoms with van der Waals surface area (Å²) in [6.07, 6.45) is 7.45. The van der Waals surface area contributed by atoms with Gasteiger partial charge in [-0.15, -0.1) is 0 Å². The highest BCUT2D eigenvalue weighted by molar-refractivity contribution is 5.97. The minimum atomic E-state index is -0.345. The van der Waals surface area contributed by atoms with E-state index in [0.717, 1.165) is 19.3 Å². The molecule has 1 aliphatic carbocycles. The van der Waals surface area contributed by atoms with Crippen LogP contribution in [0.15, 0.2) is 30.4 Å². The van der Waals surface area contributed by atoms with E-state index in [1.54, 1.807) is 18.0 Å². The van der Waals surface area contributed by atoms with Gasteiger partial charge in [-0.25, -0.2) is 0 Å². The predicted octanol–water partition coefficient (Wildman–Crippen LogP) is 2.53. The zero-order valence-corrected chi connectivity index (χ0v) is 11.0. The van der Waals surface area contributed by atoms with Crippen LogP contribution in [0.5, 0.6) is 11.5 Å². The first-order valence-corrected chi connectivity index (χ1v) is 6.51. The summed E-state index contributed by atoms with van der Waals surface area (Å²) in [6.45, 7) is 0.665. The zero-order valence-electron chi connectivity index (χ0n) is 11.0. The average Bonchev–Trinajstić information content (AvgIpc) is 2.42. The van der Waals surface area contributed by atoms with E-state index in [0.29, 0.717) is 12.5 Å². The number of amides is 1. The van der Waals surface area contributed by atoms with Gasteiger partial charge in [0.25, 0.3) is 5.91 Å². The van der Waals surface area contributed by atoms with Crippen LogP contribution in [0.4, 0.5) is 0 Å². The highest BCUT2D eigenvalue weighted by Gasteiger charge is 2.20. The van der Waals surface area contributed by atoms with Crippen molar-refractivity contribution in [3.63, 3.8) is 0 Å². The molecular weight excluding hydrogens is 242 g/mol. The Bertz CT molecular complexity index is 496. The molecule has 1 amide bonds. The molecule has 1 atom stereocenters. The monoisotopic (exact) mass is 261 g/mol. The Balaban J connectivity index is 2.06. The molecule has 4 nitrogen and oxygen atoms in total. The first-order chi connectivity index (χ1) is 9.09. The minimum absolute atomic E-state index is 0.147. The van der Waals surface area contributed by atoms with Crippen molar-refractivity contribution in [3.05, 3.63) is 35.9 Å². The van der Waals surface area contributed by atoms with Crippen molar-refractivity contribution in [2.45, 2.75) is 19.3 Å². The average molecular weight is 261 g/mol. The van der Waals surface area contributed by atoms with Crippen molar-refractivity contribution in [3.8, 4) is 11.5 Å². The van der Waals surface area contributed by atoms with Crippen LogP contribution < -0.4 is 0 Å². The van der Waals surface area contributed by atoms with Gasteiger partial charge in [0.1, 0.15) is 0 Å². The third-order valence-electron chi connectivity index (χ3n) is 3.50. The smallest absolute Gasteiger partial charge is 0.257 e. The summed E-state index contributed by atoms with van der Waals surface area (Å²) in [4.78, 5) is 13.8. The molecule has 102 valence electrons. The maximum Gasteiger partial charge on any atom is 0.257 e. The molecule has 0 bridgehead atoms. The van der Waals surface area contributed by atoms with Gasteiger partial charge < -0.3 is 15.1 Å². The van der Waals surface area contributed by atoms with Crippen LogP contribution in [0.3, 0.4) is 0 Å². The van der Waals surface area contributed by atoms with Gasteiger partial charge in [-0.1, -0.05) is 18.2 Å². The van der Waals surface area contributed by atoms with Gasteiger partial charge in [0.15, 0.2) is 11.5 Å². The second-order valence-corrected chi connectivity index (χ2v) is 5.01. The Labute approximate surface area is 113 Å². The SMILES string of the molecule is CN(C[C@@H]1CC=CCC1)C(=O)c1cccc(O)c1O. The quantitative estimate of drug-likeness (QED) is 0.649. The van der Waals surface area contributed by atoms with E-state index in [2.05, 4.69) is 12.2 Å². The number of para-hydroxylation sites is 1. The molecule has 2 rings (SSSR count). The van der Waals surface area contributed by atoms with Crippen LogP contribution >= 0.6 is 0 Å². The molecule has 1 aliphatic rings. The fourth-order valence-corrected chi connectivity index (χ4v) is 2.40. The molecule has 4 heteroatoms. The summed E-state index contributed by atoms with van der Waals surface area (Å²) < 4.78 is 0. The Morgan fingerprint density at radius 3 is 2.84 bits per heavy atom. The summed E-state index contributed by atoms with van der Waals surface area (Å²) >= 11 is 0. The molecule has 1 aromatic rings. The molecule has 0 fully saturated rings. The lowest BCUT2D eigenvalue weighted by molar-refractivity contribution is 0.0765. The molecule has 19 heavy (non-hydrogen) atoms. The van der Waals surface area contributed by atoms with Gasteiger partial charge >= 0.3 is 0 Å². The van der Waals surface area contributed by atoms with Gasteiger partial charge in [0.05, 0.1) is 5.56 Å². The summed E-state index contributed by atoms with van der Waals surface area (Å²) in [7, 11) is 1.73. The summed E-state index contributed by atoms with van der Waals surface area (Å²) in [5.41, 5.74) is 0.147. The fraction of sp³-hybridized carbons (Fsp3) is 0.400. The summed E-state index contributed by atoms with van der Waals surface area (Å²) in [6, 6.07) is 4.44. The lowest BCUT2D eigenvalue weighted by atomic mass is 9.94. The number of nitrogens with zero attached hydrogens (tertiary/aromatic N) is 1. The van der Waals surface area contributed by atoms with Gasteiger partial charge in [0, 0.05) is 13.6 Å². The third kappa shape index (κ3) is 3.08. The van der Waals surface area contributed by atoms with E-state index >= 15 is 0 Å². The predicted molar refractivity (Wildman–Crippen MR) is 73.2 cm³/mol. The van der Waals surface area contributed by atoms with Crippen molar-refractivity contribution in [1.82, 2.24) is 4.90 Å². The molecule has 0 heterocycles. The molecule has 0 aliphatic heterocycles. The largest absolute Gasteiger partial charge is 0.504 e. The highest BCUT2D eigenvalue weighted by Crippen LogP contribution is 2.29. The first-order valence-electron chi connectivity index (χ1n) is 6.51. The molecule has 2 N–H and O–H groups in total.